The molecule has 2 saturated heterocycles. The Hall–Kier alpha value is -0.710. The number of amides is 2. The van der Waals surface area contributed by atoms with E-state index in [9.17, 15) is 9.59 Å². The van der Waals surface area contributed by atoms with Crippen molar-refractivity contribution in [3.8, 4) is 0 Å². The lowest BCUT2D eigenvalue weighted by molar-refractivity contribution is -0.148. The Morgan fingerprint density at radius 3 is 2.65 bits per heavy atom. The summed E-state index contributed by atoms with van der Waals surface area (Å²) in [5, 5.41) is 2.74. The second kappa shape index (κ2) is 4.19. The van der Waals surface area contributed by atoms with Gasteiger partial charge in [0.15, 0.2) is 0 Å². The lowest BCUT2D eigenvalue weighted by Gasteiger charge is -2.40. The maximum atomic E-state index is 12.2. The van der Waals surface area contributed by atoms with Gasteiger partial charge in [0, 0.05) is 11.3 Å². The quantitative estimate of drug-likeness (QED) is 0.802. The molecule has 1 unspecified atom stereocenters. The zero-order chi connectivity index (χ0) is 12.7. The first-order valence-electron chi connectivity index (χ1n) is 6.07. The molecule has 0 aromatic heterocycles. The normalized spacial score (nSPS) is 32.8. The molecule has 0 aromatic rings. The number of hydrogen-bond acceptors (Lipinski definition) is 3. The third kappa shape index (κ3) is 2.59. The summed E-state index contributed by atoms with van der Waals surface area (Å²) in [4.78, 5) is 25.5. The van der Waals surface area contributed by atoms with Crippen LogP contribution in [-0.2, 0) is 9.59 Å². The Morgan fingerprint density at radius 1 is 1.35 bits per heavy atom. The Labute approximate surface area is 106 Å². The monoisotopic (exact) mass is 256 g/mol. The van der Waals surface area contributed by atoms with E-state index in [4.69, 9.17) is 0 Å². The lowest BCUT2D eigenvalue weighted by atomic mass is 9.98. The van der Waals surface area contributed by atoms with Gasteiger partial charge in [-0.2, -0.15) is 11.8 Å². The highest BCUT2D eigenvalue weighted by Crippen LogP contribution is 2.38. The Kier molecular flexibility index (Phi) is 3.14. The highest BCUT2D eigenvalue weighted by molar-refractivity contribution is 8.00. The topological polar surface area (TPSA) is 49.4 Å². The Morgan fingerprint density at radius 2 is 2.06 bits per heavy atom. The number of rotatable bonds is 2. The lowest BCUT2D eigenvalue weighted by Crippen LogP contribution is -2.65. The van der Waals surface area contributed by atoms with E-state index in [2.05, 4.69) is 12.2 Å². The van der Waals surface area contributed by atoms with E-state index >= 15 is 0 Å². The van der Waals surface area contributed by atoms with Crippen molar-refractivity contribution in [3.05, 3.63) is 0 Å². The Balaban J connectivity index is 2.09. The minimum Gasteiger partial charge on any atom is -0.341 e. The van der Waals surface area contributed by atoms with Gasteiger partial charge in [0.1, 0.15) is 5.54 Å². The number of thioether (sulfide) groups is 1. The van der Waals surface area contributed by atoms with Gasteiger partial charge < -0.3 is 10.2 Å². The molecule has 2 rings (SSSR count). The van der Waals surface area contributed by atoms with E-state index in [1.54, 1.807) is 18.7 Å². The van der Waals surface area contributed by atoms with Crippen LogP contribution in [0, 0.1) is 0 Å². The summed E-state index contributed by atoms with van der Waals surface area (Å²) in [7, 11) is 0. The van der Waals surface area contributed by atoms with Crippen molar-refractivity contribution in [2.24, 2.45) is 0 Å². The maximum Gasteiger partial charge on any atom is 0.248 e. The molecular formula is C12H20N2O2S. The number of hydrogen-bond donors (Lipinski definition) is 1. The van der Waals surface area contributed by atoms with Crippen molar-refractivity contribution in [1.82, 2.24) is 10.2 Å². The van der Waals surface area contributed by atoms with Gasteiger partial charge in [-0.3, -0.25) is 9.59 Å². The van der Waals surface area contributed by atoms with Gasteiger partial charge in [-0.1, -0.05) is 0 Å². The van der Waals surface area contributed by atoms with Crippen LogP contribution in [0.25, 0.3) is 0 Å². The van der Waals surface area contributed by atoms with Crippen molar-refractivity contribution >= 4 is 23.6 Å². The maximum absolute atomic E-state index is 12.2. The summed E-state index contributed by atoms with van der Waals surface area (Å²) in [5.74, 6) is 1.14. The van der Waals surface area contributed by atoms with Crippen molar-refractivity contribution in [1.29, 1.82) is 0 Å². The van der Waals surface area contributed by atoms with Crippen LogP contribution in [-0.4, -0.2) is 45.8 Å². The number of carbonyl (C=O) groups excluding carboxylic acids is 2. The van der Waals surface area contributed by atoms with Gasteiger partial charge in [0.05, 0.1) is 6.54 Å². The molecule has 1 atom stereocenters. The molecule has 17 heavy (non-hydrogen) atoms. The third-order valence-electron chi connectivity index (χ3n) is 3.43. The number of piperazine rings is 1. The van der Waals surface area contributed by atoms with Gasteiger partial charge in [0.25, 0.3) is 0 Å². The standard InChI is InChI=1S/C12H20N2O2S/c1-11(2)10(16)14(7-9(15)13-11)8-12(3)5-4-6-17-12/h4-8H2,1-3H3,(H,13,15). The SMILES string of the molecule is CC1(CN2CC(=O)NC(C)(C)C2=O)CCCS1. The second-order valence-electron chi connectivity index (χ2n) is 5.74. The molecule has 4 nitrogen and oxygen atoms in total. The van der Waals surface area contributed by atoms with Crippen molar-refractivity contribution in [3.63, 3.8) is 0 Å². The summed E-state index contributed by atoms with van der Waals surface area (Å²) < 4.78 is 0.128. The van der Waals surface area contributed by atoms with Gasteiger partial charge in [-0.25, -0.2) is 0 Å². The molecule has 1 N–H and O–H groups in total. The van der Waals surface area contributed by atoms with Crippen molar-refractivity contribution in [2.75, 3.05) is 18.8 Å². The zero-order valence-electron chi connectivity index (χ0n) is 10.7. The molecule has 2 fully saturated rings. The molecule has 5 heteroatoms. The van der Waals surface area contributed by atoms with Crippen LogP contribution >= 0.6 is 11.8 Å². The third-order valence-corrected chi connectivity index (χ3v) is 4.96. The minimum absolute atomic E-state index is 0.0332. The molecule has 0 radical (unpaired) electrons. The van der Waals surface area contributed by atoms with E-state index in [1.165, 1.54) is 6.42 Å². The summed E-state index contributed by atoms with van der Waals surface area (Å²) in [6.45, 7) is 6.62. The van der Waals surface area contributed by atoms with Crippen LogP contribution in [0.2, 0.25) is 0 Å². The van der Waals surface area contributed by atoms with Gasteiger partial charge in [-0.05, 0) is 39.4 Å². The fourth-order valence-electron chi connectivity index (χ4n) is 2.57. The minimum atomic E-state index is -0.755. The summed E-state index contributed by atoms with van der Waals surface area (Å²) in [6, 6.07) is 0. The van der Waals surface area contributed by atoms with Gasteiger partial charge in [0.2, 0.25) is 11.8 Å². The smallest absolute Gasteiger partial charge is 0.248 e. The molecule has 0 aliphatic carbocycles. The van der Waals surface area contributed by atoms with Crippen molar-refractivity contribution in [2.45, 2.75) is 43.9 Å². The van der Waals surface area contributed by atoms with Crippen LogP contribution in [0.15, 0.2) is 0 Å². The molecule has 0 aromatic carbocycles. The molecule has 2 aliphatic heterocycles. The van der Waals surface area contributed by atoms with Crippen LogP contribution in [0.5, 0.6) is 0 Å². The molecule has 0 saturated carbocycles. The van der Waals surface area contributed by atoms with Crippen LogP contribution in [0.3, 0.4) is 0 Å². The van der Waals surface area contributed by atoms with Gasteiger partial charge >= 0.3 is 0 Å². The van der Waals surface area contributed by atoms with Crippen molar-refractivity contribution < 1.29 is 9.59 Å². The molecule has 96 valence electrons. The highest BCUT2D eigenvalue weighted by Gasteiger charge is 2.42. The van der Waals surface area contributed by atoms with Crippen LogP contribution in [0.1, 0.15) is 33.6 Å². The molecular weight excluding hydrogens is 236 g/mol. The van der Waals surface area contributed by atoms with E-state index in [1.807, 2.05) is 11.8 Å². The molecule has 0 bridgehead atoms. The molecule has 2 amide bonds. The molecule has 0 spiro atoms. The predicted molar refractivity (Wildman–Crippen MR) is 68.9 cm³/mol. The number of nitrogens with zero attached hydrogens (tertiary/aromatic N) is 1. The first-order valence-corrected chi connectivity index (χ1v) is 7.05. The summed E-state index contributed by atoms with van der Waals surface area (Å²) in [6.07, 6.45) is 2.34. The summed E-state index contributed by atoms with van der Waals surface area (Å²) in [5.41, 5.74) is -0.755. The first-order chi connectivity index (χ1) is 7.82. The average Bonchev–Trinajstić information content (AvgIpc) is 2.60. The second-order valence-corrected chi connectivity index (χ2v) is 7.42. The van der Waals surface area contributed by atoms with E-state index in [0.717, 1.165) is 12.2 Å². The van der Waals surface area contributed by atoms with Crippen LogP contribution in [0.4, 0.5) is 0 Å². The van der Waals surface area contributed by atoms with E-state index < -0.39 is 5.54 Å². The number of carbonyl (C=O) groups is 2. The molecule has 2 heterocycles. The van der Waals surface area contributed by atoms with E-state index in [-0.39, 0.29) is 23.1 Å². The largest absolute Gasteiger partial charge is 0.341 e. The Bertz CT molecular complexity index is 348. The fourth-order valence-corrected chi connectivity index (χ4v) is 3.89. The van der Waals surface area contributed by atoms with Gasteiger partial charge in [-0.15, -0.1) is 0 Å². The number of nitrogens with one attached hydrogen (secondary N) is 1. The fraction of sp³-hybridized carbons (Fsp3) is 0.833. The average molecular weight is 256 g/mol. The van der Waals surface area contributed by atoms with Crippen LogP contribution < -0.4 is 5.32 Å². The highest BCUT2D eigenvalue weighted by atomic mass is 32.2. The predicted octanol–water partition coefficient (Wildman–Crippen LogP) is 1.01. The zero-order valence-corrected chi connectivity index (χ0v) is 11.5. The summed E-state index contributed by atoms with van der Waals surface area (Å²) >= 11 is 1.92. The first kappa shape index (κ1) is 12.7. The molecule has 2 aliphatic rings. The van der Waals surface area contributed by atoms with E-state index in [0.29, 0.717) is 6.54 Å².